The molecule has 0 unspecified atom stereocenters. The van der Waals surface area contributed by atoms with Crippen molar-refractivity contribution in [3.63, 3.8) is 0 Å². The van der Waals surface area contributed by atoms with Crippen LogP contribution in [0.2, 0.25) is 0 Å². The van der Waals surface area contributed by atoms with Crippen LogP contribution in [0.25, 0.3) is 0 Å². The Labute approximate surface area is 88.5 Å². The van der Waals surface area contributed by atoms with E-state index in [0.717, 1.165) is 0 Å². The molecule has 0 atom stereocenters. The maximum atomic E-state index is 11.3. The predicted molar refractivity (Wildman–Crippen MR) is 56.6 cm³/mol. The van der Waals surface area contributed by atoms with Crippen molar-refractivity contribution in [3.05, 3.63) is 35.4 Å². The van der Waals surface area contributed by atoms with Crippen molar-refractivity contribution in [2.75, 3.05) is 5.75 Å². The van der Waals surface area contributed by atoms with Crippen LogP contribution in [0, 0.1) is 0 Å². The highest BCUT2D eigenvalue weighted by Crippen LogP contribution is 2.08. The number of rotatable bonds is 4. The van der Waals surface area contributed by atoms with Crippen molar-refractivity contribution in [2.24, 2.45) is 0 Å². The van der Waals surface area contributed by atoms with Gasteiger partial charge in [0, 0.05) is 5.75 Å². The van der Waals surface area contributed by atoms with Crippen LogP contribution < -0.4 is 0 Å². The summed E-state index contributed by atoms with van der Waals surface area (Å²) in [4.78, 5) is 10.5. The lowest BCUT2D eigenvalue weighted by Gasteiger charge is -2.01. The molecular formula is C10H12O4S. The van der Waals surface area contributed by atoms with Crippen molar-refractivity contribution in [3.8, 4) is 0 Å². The van der Waals surface area contributed by atoms with Gasteiger partial charge in [0.25, 0.3) is 0 Å². The van der Waals surface area contributed by atoms with E-state index < -0.39 is 15.8 Å². The molecule has 82 valence electrons. The molecule has 1 rings (SSSR count). The van der Waals surface area contributed by atoms with E-state index in [0.29, 0.717) is 5.56 Å². The Kier molecular flexibility index (Phi) is 3.47. The molecule has 0 spiro atoms. The van der Waals surface area contributed by atoms with E-state index in [4.69, 9.17) is 5.11 Å². The summed E-state index contributed by atoms with van der Waals surface area (Å²) in [6.45, 7) is 1.58. The minimum atomic E-state index is -3.05. The number of carboxylic acid groups (broad SMARTS) is 1. The molecule has 0 aromatic heterocycles. The Morgan fingerprint density at radius 2 is 1.80 bits per heavy atom. The number of sulfone groups is 1. The quantitative estimate of drug-likeness (QED) is 0.843. The summed E-state index contributed by atoms with van der Waals surface area (Å²) in [5.74, 6) is -0.961. The first kappa shape index (κ1) is 11.7. The summed E-state index contributed by atoms with van der Waals surface area (Å²) in [6, 6.07) is 5.86. The lowest BCUT2D eigenvalue weighted by atomic mass is 10.1. The van der Waals surface area contributed by atoms with E-state index in [9.17, 15) is 13.2 Å². The van der Waals surface area contributed by atoms with E-state index in [1.807, 2.05) is 0 Å². The summed E-state index contributed by atoms with van der Waals surface area (Å²) in [7, 11) is -3.05. The molecule has 0 saturated carbocycles. The molecule has 4 nitrogen and oxygen atoms in total. The molecule has 5 heteroatoms. The van der Waals surface area contributed by atoms with E-state index in [1.165, 1.54) is 24.3 Å². The molecule has 0 aliphatic rings. The minimum Gasteiger partial charge on any atom is -0.478 e. The Hall–Kier alpha value is -1.36. The smallest absolute Gasteiger partial charge is 0.335 e. The second-order valence-corrected chi connectivity index (χ2v) is 5.53. The van der Waals surface area contributed by atoms with Crippen LogP contribution in [0.4, 0.5) is 0 Å². The summed E-state index contributed by atoms with van der Waals surface area (Å²) < 4.78 is 22.5. The lowest BCUT2D eigenvalue weighted by molar-refractivity contribution is 0.0697. The molecular weight excluding hydrogens is 216 g/mol. The number of carbonyl (C=O) groups is 1. The monoisotopic (exact) mass is 228 g/mol. The highest BCUT2D eigenvalue weighted by Gasteiger charge is 2.09. The van der Waals surface area contributed by atoms with Gasteiger partial charge in [0.15, 0.2) is 9.84 Å². The SMILES string of the molecule is CCS(=O)(=O)Cc1ccc(C(=O)O)cc1. The first-order valence-electron chi connectivity index (χ1n) is 4.47. The van der Waals surface area contributed by atoms with Gasteiger partial charge in [-0.2, -0.15) is 0 Å². The van der Waals surface area contributed by atoms with Crippen molar-refractivity contribution < 1.29 is 18.3 Å². The van der Waals surface area contributed by atoms with Crippen molar-refractivity contribution in [1.82, 2.24) is 0 Å². The molecule has 0 heterocycles. The summed E-state index contributed by atoms with van der Waals surface area (Å²) >= 11 is 0. The molecule has 15 heavy (non-hydrogen) atoms. The third-order valence-corrected chi connectivity index (χ3v) is 3.68. The highest BCUT2D eigenvalue weighted by atomic mass is 32.2. The second kappa shape index (κ2) is 4.44. The maximum Gasteiger partial charge on any atom is 0.335 e. The molecule has 0 saturated heterocycles. The third kappa shape index (κ3) is 3.36. The fourth-order valence-electron chi connectivity index (χ4n) is 1.10. The lowest BCUT2D eigenvalue weighted by Crippen LogP contribution is -2.06. The standard InChI is InChI=1S/C10H12O4S/c1-2-15(13,14)7-8-3-5-9(6-4-8)10(11)12/h3-6H,2,7H2,1H3,(H,11,12). The van der Waals surface area contributed by atoms with Crippen LogP contribution in [0.3, 0.4) is 0 Å². The fourth-order valence-corrected chi connectivity index (χ4v) is 2.00. The summed E-state index contributed by atoms with van der Waals surface area (Å²) in [6.07, 6.45) is 0. The maximum absolute atomic E-state index is 11.3. The average molecular weight is 228 g/mol. The molecule has 0 radical (unpaired) electrons. The van der Waals surface area contributed by atoms with Crippen LogP contribution in [0.15, 0.2) is 24.3 Å². The van der Waals surface area contributed by atoms with Gasteiger partial charge in [0.1, 0.15) is 0 Å². The van der Waals surface area contributed by atoms with Crippen LogP contribution in [-0.2, 0) is 15.6 Å². The molecule has 1 aromatic carbocycles. The number of hydrogen-bond donors (Lipinski definition) is 1. The molecule has 0 fully saturated rings. The minimum absolute atomic E-state index is 0.0383. The van der Waals surface area contributed by atoms with E-state index >= 15 is 0 Å². The first-order chi connectivity index (χ1) is 6.94. The molecule has 0 amide bonds. The Morgan fingerprint density at radius 1 is 1.27 bits per heavy atom. The normalized spacial score (nSPS) is 11.3. The Balaban J connectivity index is 2.86. The third-order valence-electron chi connectivity index (χ3n) is 2.03. The van der Waals surface area contributed by atoms with Crippen LogP contribution in [0.5, 0.6) is 0 Å². The van der Waals surface area contributed by atoms with Gasteiger partial charge in [-0.3, -0.25) is 0 Å². The van der Waals surface area contributed by atoms with Gasteiger partial charge in [-0.15, -0.1) is 0 Å². The zero-order valence-corrected chi connectivity index (χ0v) is 9.12. The van der Waals surface area contributed by atoms with Crippen LogP contribution >= 0.6 is 0 Å². The zero-order valence-electron chi connectivity index (χ0n) is 8.30. The largest absolute Gasteiger partial charge is 0.478 e. The van der Waals surface area contributed by atoms with Crippen molar-refractivity contribution in [2.45, 2.75) is 12.7 Å². The van der Waals surface area contributed by atoms with Gasteiger partial charge in [-0.05, 0) is 17.7 Å². The Bertz CT molecular complexity index is 445. The van der Waals surface area contributed by atoms with E-state index in [2.05, 4.69) is 0 Å². The van der Waals surface area contributed by atoms with Crippen molar-refractivity contribution >= 4 is 15.8 Å². The number of carboxylic acids is 1. The van der Waals surface area contributed by atoms with Gasteiger partial charge in [0.2, 0.25) is 0 Å². The average Bonchev–Trinajstić information content (AvgIpc) is 2.18. The van der Waals surface area contributed by atoms with Gasteiger partial charge in [-0.25, -0.2) is 13.2 Å². The number of aromatic carboxylic acids is 1. The molecule has 0 bridgehead atoms. The zero-order chi connectivity index (χ0) is 11.5. The van der Waals surface area contributed by atoms with E-state index in [-0.39, 0.29) is 17.1 Å². The number of benzene rings is 1. The first-order valence-corrected chi connectivity index (χ1v) is 6.29. The summed E-state index contributed by atoms with van der Waals surface area (Å²) in [5.41, 5.74) is 0.773. The van der Waals surface area contributed by atoms with E-state index in [1.54, 1.807) is 6.92 Å². The fraction of sp³-hybridized carbons (Fsp3) is 0.300. The summed E-state index contributed by atoms with van der Waals surface area (Å²) in [5, 5.41) is 8.64. The molecule has 0 aliphatic heterocycles. The van der Waals surface area contributed by atoms with Crippen LogP contribution in [0.1, 0.15) is 22.8 Å². The highest BCUT2D eigenvalue weighted by molar-refractivity contribution is 7.90. The van der Waals surface area contributed by atoms with Gasteiger partial charge in [-0.1, -0.05) is 19.1 Å². The predicted octanol–water partition coefficient (Wildman–Crippen LogP) is 1.32. The molecule has 1 N–H and O–H groups in total. The van der Waals surface area contributed by atoms with Gasteiger partial charge < -0.3 is 5.11 Å². The van der Waals surface area contributed by atoms with Crippen molar-refractivity contribution in [1.29, 1.82) is 0 Å². The number of hydrogen-bond acceptors (Lipinski definition) is 3. The van der Waals surface area contributed by atoms with Gasteiger partial charge in [0.05, 0.1) is 11.3 Å². The molecule has 1 aromatic rings. The Morgan fingerprint density at radius 3 is 2.20 bits per heavy atom. The second-order valence-electron chi connectivity index (χ2n) is 3.18. The molecule has 0 aliphatic carbocycles. The topological polar surface area (TPSA) is 71.4 Å². The van der Waals surface area contributed by atoms with Gasteiger partial charge >= 0.3 is 5.97 Å². The van der Waals surface area contributed by atoms with Crippen LogP contribution in [-0.4, -0.2) is 25.2 Å².